The molecule has 0 radical (unpaired) electrons. The number of tetrazole rings is 1. The molecule has 4 aliphatic carbocycles. The minimum absolute atomic E-state index is 0.147. The van der Waals surface area contributed by atoms with Gasteiger partial charge in [-0.15, -0.1) is 5.10 Å². The van der Waals surface area contributed by atoms with Crippen LogP contribution in [-0.2, 0) is 14.3 Å². The second kappa shape index (κ2) is 10.5. The number of rotatable bonds is 7. The smallest absolute Gasteiger partial charge is 0.307 e. The summed E-state index contributed by atoms with van der Waals surface area (Å²) in [6.07, 6.45) is 7.84. The molecule has 3 saturated carbocycles. The van der Waals surface area contributed by atoms with E-state index in [1.54, 1.807) is 4.80 Å². The number of anilines is 1. The zero-order valence-corrected chi connectivity index (χ0v) is 29.1. The Morgan fingerprint density at radius 1 is 1.16 bits per heavy atom. The Bertz CT molecular complexity index is 1360. The molecule has 5 N–H and O–H groups in total. The van der Waals surface area contributed by atoms with E-state index < -0.39 is 17.4 Å². The summed E-state index contributed by atoms with van der Waals surface area (Å²) < 4.78 is 13.4. The molecule has 1 saturated heterocycles. The van der Waals surface area contributed by atoms with Crippen LogP contribution in [0.5, 0.6) is 0 Å². The van der Waals surface area contributed by atoms with Gasteiger partial charge in [0, 0.05) is 16.4 Å². The number of aliphatic carboxylic acids is 1. The van der Waals surface area contributed by atoms with Gasteiger partial charge in [-0.3, -0.25) is 4.79 Å². The van der Waals surface area contributed by atoms with Crippen LogP contribution in [0.1, 0.15) is 107 Å². The first kappa shape index (κ1) is 32.9. The third-order valence-electron chi connectivity index (χ3n) is 14.5. The number of carboxylic acid groups (broad SMARTS) is 1. The predicted molar refractivity (Wildman–Crippen MR) is 173 cm³/mol. The van der Waals surface area contributed by atoms with Gasteiger partial charge in [-0.25, -0.2) is 0 Å². The molecule has 1 aromatic rings. The van der Waals surface area contributed by atoms with Gasteiger partial charge in [0.15, 0.2) is 0 Å². The van der Waals surface area contributed by atoms with Crippen LogP contribution in [0, 0.1) is 56.7 Å². The van der Waals surface area contributed by atoms with E-state index in [-0.39, 0.29) is 51.1 Å². The van der Waals surface area contributed by atoms with E-state index in [4.69, 9.17) is 20.9 Å². The maximum absolute atomic E-state index is 13.4. The van der Waals surface area contributed by atoms with Crippen molar-refractivity contribution in [1.82, 2.24) is 20.2 Å². The highest BCUT2D eigenvalue weighted by molar-refractivity contribution is 5.73. The van der Waals surface area contributed by atoms with Gasteiger partial charge in [-0.05, 0) is 97.5 Å². The molecule has 5 aliphatic rings. The number of ether oxygens (including phenoxy) is 2. The van der Waals surface area contributed by atoms with Gasteiger partial charge >= 0.3 is 5.97 Å². The van der Waals surface area contributed by atoms with Crippen molar-refractivity contribution in [3.8, 4) is 0 Å². The maximum atomic E-state index is 13.4. The molecular weight excluding hydrogens is 568 g/mol. The van der Waals surface area contributed by atoms with E-state index in [9.17, 15) is 9.90 Å². The first-order valence-corrected chi connectivity index (χ1v) is 17.3. The zero-order valence-electron chi connectivity index (χ0n) is 29.1. The highest BCUT2D eigenvalue weighted by Crippen LogP contribution is 2.75. The summed E-state index contributed by atoms with van der Waals surface area (Å²) in [4.78, 5) is 15.1. The number of carbonyl (C=O) groups is 1. The molecule has 0 unspecified atom stereocenters. The van der Waals surface area contributed by atoms with Crippen molar-refractivity contribution in [2.45, 2.75) is 119 Å². The van der Waals surface area contributed by atoms with Crippen LogP contribution >= 0.6 is 0 Å². The summed E-state index contributed by atoms with van der Waals surface area (Å²) in [6.45, 7) is 21.7. The summed E-state index contributed by atoms with van der Waals surface area (Å²) in [5, 5.41) is 24.0. The van der Waals surface area contributed by atoms with E-state index in [0.717, 1.165) is 38.5 Å². The van der Waals surface area contributed by atoms with Gasteiger partial charge in [0.2, 0.25) is 0 Å². The minimum Gasteiger partial charge on any atom is -0.481 e. The lowest BCUT2D eigenvalue weighted by Gasteiger charge is -2.71. The van der Waals surface area contributed by atoms with Crippen LogP contribution in [0.2, 0.25) is 0 Å². The Morgan fingerprint density at radius 2 is 1.87 bits per heavy atom. The standard InChI is InChI=1S/C35H58N6O4/c1-20(2)21(3)31(6)14-15-33(8)22-10-11-25-32(7)18-44-19-35(25,23(22)12-13-34(33,9)26(31)28(42)43)16-24(41-39-29(36)38-40-41)27(32)45-17-30(4,5)37/h12,20-22,24-27H,10-11,13-19,37H2,1-9H3,(H2,36,39)(H,42,43)/t21-,22+,24-,25+,26-,27+,31-,32+,33-,34+,35+/m1/s1. The van der Waals surface area contributed by atoms with Crippen LogP contribution in [0.3, 0.4) is 0 Å². The van der Waals surface area contributed by atoms with Gasteiger partial charge in [0.05, 0.1) is 31.8 Å². The van der Waals surface area contributed by atoms with Crippen molar-refractivity contribution in [2.75, 3.05) is 25.6 Å². The topological polar surface area (TPSA) is 151 Å². The summed E-state index contributed by atoms with van der Waals surface area (Å²) >= 11 is 0. The monoisotopic (exact) mass is 626 g/mol. The summed E-state index contributed by atoms with van der Waals surface area (Å²) in [5.41, 5.74) is 12.1. The quantitative estimate of drug-likeness (QED) is 0.333. The van der Waals surface area contributed by atoms with E-state index >= 15 is 0 Å². The number of nitrogens with zero attached hydrogens (tertiary/aromatic N) is 4. The SMILES string of the molecule is CC(C)[C@@H](C)[C@@]1(C)CC[C@]2(C)[C@H]3CC[C@@H]4[C@@]5(COC[C@]4(C)[C@@H](OCC(C)(C)N)[C@H](n4nnc(N)n4)C5)C3=CC[C@@]2(C)[C@@H]1C(=O)O. The number of nitrogen functional groups attached to an aromatic ring is 1. The molecule has 1 aliphatic heterocycles. The van der Waals surface area contributed by atoms with Crippen molar-refractivity contribution in [3.63, 3.8) is 0 Å². The molecule has 252 valence electrons. The number of allylic oxidation sites excluding steroid dienone is 1. The Morgan fingerprint density at radius 3 is 2.47 bits per heavy atom. The van der Waals surface area contributed by atoms with Gasteiger partial charge in [0.1, 0.15) is 6.04 Å². The van der Waals surface area contributed by atoms with Gasteiger partial charge in [0.25, 0.3) is 5.95 Å². The summed E-state index contributed by atoms with van der Waals surface area (Å²) in [6, 6.07) is -0.184. The molecule has 11 atom stereocenters. The molecule has 0 spiro atoms. The maximum Gasteiger partial charge on any atom is 0.307 e. The molecule has 10 nitrogen and oxygen atoms in total. The number of hydrogen-bond acceptors (Lipinski definition) is 8. The fourth-order valence-electron chi connectivity index (χ4n) is 11.8. The van der Waals surface area contributed by atoms with Gasteiger partial charge < -0.3 is 26.0 Å². The van der Waals surface area contributed by atoms with Crippen molar-refractivity contribution < 1.29 is 19.4 Å². The lowest BCUT2D eigenvalue weighted by Crippen LogP contribution is -2.69. The van der Waals surface area contributed by atoms with E-state index in [1.807, 2.05) is 13.8 Å². The fourth-order valence-corrected chi connectivity index (χ4v) is 11.8. The predicted octanol–water partition coefficient (Wildman–Crippen LogP) is 5.51. The van der Waals surface area contributed by atoms with Crippen LogP contribution in [0.25, 0.3) is 0 Å². The number of hydrogen-bond donors (Lipinski definition) is 3. The second-order valence-electron chi connectivity index (χ2n) is 17.8. The van der Waals surface area contributed by atoms with Crippen molar-refractivity contribution in [3.05, 3.63) is 11.6 Å². The average molecular weight is 627 g/mol. The summed E-state index contributed by atoms with van der Waals surface area (Å²) in [7, 11) is 0. The molecule has 45 heavy (non-hydrogen) atoms. The number of aromatic nitrogens is 4. The van der Waals surface area contributed by atoms with Gasteiger partial charge in [-0.2, -0.15) is 4.80 Å². The minimum atomic E-state index is -0.633. The number of nitrogens with two attached hydrogens (primary N) is 2. The Hall–Kier alpha value is -2.04. The van der Waals surface area contributed by atoms with E-state index in [2.05, 4.69) is 70.0 Å². The lowest BCUT2D eigenvalue weighted by molar-refractivity contribution is -0.253. The Labute approximate surface area is 269 Å². The molecule has 2 bridgehead atoms. The largest absolute Gasteiger partial charge is 0.481 e. The molecule has 0 amide bonds. The molecule has 2 heterocycles. The molecule has 4 fully saturated rings. The van der Waals surface area contributed by atoms with Crippen molar-refractivity contribution in [1.29, 1.82) is 0 Å². The third kappa shape index (κ3) is 4.58. The third-order valence-corrected chi connectivity index (χ3v) is 14.5. The summed E-state index contributed by atoms with van der Waals surface area (Å²) in [5.74, 6) is 0.471. The zero-order chi connectivity index (χ0) is 33.0. The molecule has 10 heteroatoms. The highest BCUT2D eigenvalue weighted by atomic mass is 16.5. The van der Waals surface area contributed by atoms with Crippen LogP contribution in [-0.4, -0.2) is 62.7 Å². The Kier molecular flexibility index (Phi) is 7.66. The van der Waals surface area contributed by atoms with Crippen LogP contribution in [0.4, 0.5) is 5.95 Å². The van der Waals surface area contributed by atoms with Gasteiger partial charge in [-0.1, -0.05) is 65.2 Å². The molecule has 0 aromatic carbocycles. The first-order chi connectivity index (χ1) is 20.8. The Balaban J connectivity index is 1.46. The van der Waals surface area contributed by atoms with E-state index in [0.29, 0.717) is 37.6 Å². The first-order valence-electron chi connectivity index (χ1n) is 17.3. The second-order valence-corrected chi connectivity index (χ2v) is 17.8. The number of carboxylic acids is 1. The van der Waals surface area contributed by atoms with Crippen molar-refractivity contribution in [2.24, 2.45) is 62.4 Å². The molecular formula is C35H58N6O4. The normalized spacial score (nSPS) is 45.2. The van der Waals surface area contributed by atoms with Crippen molar-refractivity contribution >= 4 is 11.9 Å². The van der Waals surface area contributed by atoms with Crippen LogP contribution in [0.15, 0.2) is 11.6 Å². The lowest BCUT2D eigenvalue weighted by atomic mass is 9.34. The molecule has 1 aromatic heterocycles. The average Bonchev–Trinajstić information content (AvgIpc) is 3.37. The van der Waals surface area contributed by atoms with Crippen LogP contribution < -0.4 is 11.5 Å². The fraction of sp³-hybridized carbons (Fsp3) is 0.886. The van der Waals surface area contributed by atoms with E-state index in [1.165, 1.54) is 5.57 Å². The highest BCUT2D eigenvalue weighted by Gasteiger charge is 2.72. The number of fused-ring (bicyclic) bond motifs is 3. The molecule has 6 rings (SSSR count).